The van der Waals surface area contributed by atoms with E-state index in [-0.39, 0.29) is 11.9 Å². The van der Waals surface area contributed by atoms with Crippen LogP contribution in [-0.4, -0.2) is 46.0 Å². The fourth-order valence-electron chi connectivity index (χ4n) is 2.68. The minimum Gasteiger partial charge on any atom is -0.368 e. The molecule has 0 unspecified atom stereocenters. The zero-order valence-electron chi connectivity index (χ0n) is 11.6. The Morgan fingerprint density at radius 1 is 1.11 bits per heavy atom. The van der Waals surface area contributed by atoms with Crippen molar-refractivity contribution in [2.75, 3.05) is 25.6 Å². The molecule has 0 aliphatic heterocycles. The third kappa shape index (κ3) is 3.74. The Labute approximate surface area is 113 Å². The maximum absolute atomic E-state index is 5.58. The number of aromatic nitrogens is 3. The molecule has 0 atom stereocenters. The van der Waals surface area contributed by atoms with Gasteiger partial charge >= 0.3 is 0 Å². The molecule has 2 rings (SSSR count). The van der Waals surface area contributed by atoms with Gasteiger partial charge in [-0.15, -0.1) is 0 Å². The van der Waals surface area contributed by atoms with Crippen molar-refractivity contribution in [2.45, 2.75) is 44.3 Å². The molecule has 0 aromatic carbocycles. The van der Waals surface area contributed by atoms with Crippen molar-refractivity contribution in [3.05, 3.63) is 5.82 Å². The lowest BCUT2D eigenvalue weighted by molar-refractivity contribution is 0.166. The highest BCUT2D eigenvalue weighted by atomic mass is 15.2. The Hall–Kier alpha value is -1.47. The normalized spacial score (nSPS) is 23.7. The fourth-order valence-corrected chi connectivity index (χ4v) is 2.68. The smallest absolute Gasteiger partial charge is 0.225 e. The molecule has 0 amide bonds. The molecule has 0 spiro atoms. The van der Waals surface area contributed by atoms with Crippen LogP contribution in [0.4, 0.5) is 11.9 Å². The summed E-state index contributed by atoms with van der Waals surface area (Å²) in [5.74, 6) is 1.02. The largest absolute Gasteiger partial charge is 0.368 e. The van der Waals surface area contributed by atoms with E-state index in [2.05, 4.69) is 32.2 Å². The molecule has 19 heavy (non-hydrogen) atoms. The SMILES string of the molecule is CNC1CCC(N(C)Cc2nc(N)nc(N)n2)CC1. The molecule has 0 radical (unpaired) electrons. The Balaban J connectivity index is 1.92. The van der Waals surface area contributed by atoms with Gasteiger partial charge in [0.2, 0.25) is 11.9 Å². The molecule has 1 aromatic heterocycles. The van der Waals surface area contributed by atoms with Crippen LogP contribution < -0.4 is 16.8 Å². The Kier molecular flexibility index (Phi) is 4.49. The van der Waals surface area contributed by atoms with Crippen LogP contribution in [0.3, 0.4) is 0 Å². The molecule has 106 valence electrons. The fraction of sp³-hybridized carbons (Fsp3) is 0.750. The van der Waals surface area contributed by atoms with Crippen LogP contribution in [0.15, 0.2) is 0 Å². The van der Waals surface area contributed by atoms with Crippen LogP contribution in [0, 0.1) is 0 Å². The molecule has 0 saturated heterocycles. The molecular formula is C12H23N7. The second kappa shape index (κ2) is 6.12. The molecule has 7 nitrogen and oxygen atoms in total. The maximum atomic E-state index is 5.58. The third-order valence-corrected chi connectivity index (χ3v) is 3.84. The van der Waals surface area contributed by atoms with Gasteiger partial charge in [0.15, 0.2) is 0 Å². The van der Waals surface area contributed by atoms with E-state index in [4.69, 9.17) is 11.5 Å². The van der Waals surface area contributed by atoms with Crippen LogP contribution in [0.25, 0.3) is 0 Å². The van der Waals surface area contributed by atoms with Gasteiger partial charge in [0.05, 0.1) is 6.54 Å². The van der Waals surface area contributed by atoms with Gasteiger partial charge in [-0.05, 0) is 39.8 Å². The number of hydrogen-bond acceptors (Lipinski definition) is 7. The van der Waals surface area contributed by atoms with Crippen LogP contribution >= 0.6 is 0 Å². The summed E-state index contributed by atoms with van der Waals surface area (Å²) in [6, 6.07) is 1.23. The minimum atomic E-state index is 0.190. The lowest BCUT2D eigenvalue weighted by Gasteiger charge is -2.34. The highest BCUT2D eigenvalue weighted by molar-refractivity contribution is 5.25. The second-order valence-electron chi connectivity index (χ2n) is 5.18. The minimum absolute atomic E-state index is 0.190. The summed E-state index contributed by atoms with van der Waals surface area (Å²) in [5.41, 5.74) is 11.2. The monoisotopic (exact) mass is 265 g/mol. The van der Waals surface area contributed by atoms with Gasteiger partial charge in [0.25, 0.3) is 0 Å². The van der Waals surface area contributed by atoms with Crippen LogP contribution in [0.1, 0.15) is 31.5 Å². The Morgan fingerprint density at radius 2 is 1.68 bits per heavy atom. The van der Waals surface area contributed by atoms with E-state index in [0.29, 0.717) is 24.5 Å². The van der Waals surface area contributed by atoms with Crippen molar-refractivity contribution in [1.29, 1.82) is 0 Å². The van der Waals surface area contributed by atoms with Crippen molar-refractivity contribution in [3.8, 4) is 0 Å². The van der Waals surface area contributed by atoms with Gasteiger partial charge in [0, 0.05) is 12.1 Å². The Bertz CT molecular complexity index is 394. The van der Waals surface area contributed by atoms with E-state index in [0.717, 1.165) is 0 Å². The quantitative estimate of drug-likeness (QED) is 0.703. The highest BCUT2D eigenvalue weighted by Crippen LogP contribution is 2.23. The van der Waals surface area contributed by atoms with Crippen molar-refractivity contribution >= 4 is 11.9 Å². The molecule has 1 heterocycles. The Morgan fingerprint density at radius 3 is 2.21 bits per heavy atom. The molecule has 0 bridgehead atoms. The summed E-state index contributed by atoms with van der Waals surface area (Å²) in [4.78, 5) is 14.3. The number of rotatable bonds is 4. The standard InChI is InChI=1S/C12H23N7/c1-15-8-3-5-9(6-4-8)19(2)7-10-16-11(13)18-12(14)17-10/h8-9,15H,3-7H2,1-2H3,(H4,13,14,16,17,18). The summed E-state index contributed by atoms with van der Waals surface area (Å²) >= 11 is 0. The number of nitrogens with zero attached hydrogens (tertiary/aromatic N) is 4. The molecule has 1 saturated carbocycles. The van der Waals surface area contributed by atoms with E-state index in [1.54, 1.807) is 0 Å². The summed E-state index contributed by atoms with van der Waals surface area (Å²) in [6.07, 6.45) is 4.82. The summed E-state index contributed by atoms with van der Waals surface area (Å²) in [6.45, 7) is 0.659. The first-order valence-electron chi connectivity index (χ1n) is 6.72. The number of nitrogens with two attached hydrogens (primary N) is 2. The van der Waals surface area contributed by atoms with Crippen molar-refractivity contribution in [3.63, 3.8) is 0 Å². The summed E-state index contributed by atoms with van der Waals surface area (Å²) in [7, 11) is 4.13. The third-order valence-electron chi connectivity index (χ3n) is 3.84. The molecule has 5 N–H and O–H groups in total. The van der Waals surface area contributed by atoms with Crippen molar-refractivity contribution in [1.82, 2.24) is 25.2 Å². The zero-order chi connectivity index (χ0) is 13.8. The molecule has 7 heteroatoms. The summed E-state index contributed by atoms with van der Waals surface area (Å²) in [5, 5.41) is 3.34. The van der Waals surface area contributed by atoms with E-state index in [1.165, 1.54) is 25.7 Å². The van der Waals surface area contributed by atoms with Crippen LogP contribution in [0.5, 0.6) is 0 Å². The van der Waals surface area contributed by atoms with E-state index in [9.17, 15) is 0 Å². The van der Waals surface area contributed by atoms with Crippen molar-refractivity contribution in [2.24, 2.45) is 0 Å². The highest BCUT2D eigenvalue weighted by Gasteiger charge is 2.23. The number of hydrogen-bond donors (Lipinski definition) is 3. The van der Waals surface area contributed by atoms with E-state index in [1.807, 2.05) is 7.05 Å². The number of nitrogen functional groups attached to an aromatic ring is 2. The topological polar surface area (TPSA) is 106 Å². The second-order valence-corrected chi connectivity index (χ2v) is 5.18. The van der Waals surface area contributed by atoms with Crippen LogP contribution in [-0.2, 0) is 6.54 Å². The van der Waals surface area contributed by atoms with E-state index < -0.39 is 0 Å². The predicted molar refractivity (Wildman–Crippen MR) is 75.2 cm³/mol. The van der Waals surface area contributed by atoms with Gasteiger partial charge in [-0.3, -0.25) is 4.90 Å². The van der Waals surface area contributed by atoms with Gasteiger partial charge in [-0.2, -0.15) is 15.0 Å². The first-order chi connectivity index (χ1) is 9.08. The molecule has 1 aliphatic carbocycles. The maximum Gasteiger partial charge on any atom is 0.225 e. The summed E-state index contributed by atoms with van der Waals surface area (Å²) < 4.78 is 0. The van der Waals surface area contributed by atoms with Gasteiger partial charge in [0.1, 0.15) is 5.82 Å². The number of nitrogens with one attached hydrogen (secondary N) is 1. The predicted octanol–water partition coefficient (Wildman–Crippen LogP) is -0.00160. The first kappa shape index (κ1) is 14.0. The average Bonchev–Trinajstić information content (AvgIpc) is 2.37. The zero-order valence-corrected chi connectivity index (χ0v) is 11.6. The lowest BCUT2D eigenvalue weighted by Crippen LogP contribution is -2.39. The molecule has 1 aromatic rings. The lowest BCUT2D eigenvalue weighted by atomic mass is 9.90. The average molecular weight is 265 g/mol. The number of anilines is 2. The molecular weight excluding hydrogens is 242 g/mol. The van der Waals surface area contributed by atoms with E-state index >= 15 is 0 Å². The van der Waals surface area contributed by atoms with Crippen molar-refractivity contribution < 1.29 is 0 Å². The van der Waals surface area contributed by atoms with Gasteiger partial charge in [-0.1, -0.05) is 0 Å². The van der Waals surface area contributed by atoms with Gasteiger partial charge < -0.3 is 16.8 Å². The van der Waals surface area contributed by atoms with Crippen LogP contribution in [0.2, 0.25) is 0 Å². The molecule has 1 fully saturated rings. The van der Waals surface area contributed by atoms with Gasteiger partial charge in [-0.25, -0.2) is 0 Å². The molecule has 1 aliphatic rings. The first-order valence-corrected chi connectivity index (χ1v) is 6.72.